The van der Waals surface area contributed by atoms with Crippen LogP contribution in [0.1, 0.15) is 11.1 Å². The second-order valence-corrected chi connectivity index (χ2v) is 3.99. The van der Waals surface area contributed by atoms with Gasteiger partial charge in [-0.1, -0.05) is 6.07 Å². The minimum absolute atomic E-state index is 0.0141. The van der Waals surface area contributed by atoms with Gasteiger partial charge in [0.1, 0.15) is 5.82 Å². The summed E-state index contributed by atoms with van der Waals surface area (Å²) in [7, 11) is 1.90. The van der Waals surface area contributed by atoms with E-state index in [-0.39, 0.29) is 6.61 Å². The highest BCUT2D eigenvalue weighted by molar-refractivity contribution is 5.37. The smallest absolute Gasteiger partial charge is 0.124 e. The Bertz CT molecular complexity index is 418. The highest BCUT2D eigenvalue weighted by atomic mass is 19.1. The van der Waals surface area contributed by atoms with Gasteiger partial charge in [0.25, 0.3) is 0 Å². The molecule has 1 aromatic rings. The number of benzene rings is 1. The van der Waals surface area contributed by atoms with Gasteiger partial charge in [-0.2, -0.15) is 5.26 Å². The molecule has 0 spiro atoms. The highest BCUT2D eigenvalue weighted by Gasteiger charge is 2.06. The quantitative estimate of drug-likeness (QED) is 0.739. The Morgan fingerprint density at radius 1 is 1.44 bits per heavy atom. The molecule has 1 rings (SSSR count). The summed E-state index contributed by atoms with van der Waals surface area (Å²) in [4.78, 5) is 1.98. The zero-order valence-electron chi connectivity index (χ0n) is 10.4. The number of nitriles is 1. The Balaban J connectivity index is 2.49. The molecule has 5 heteroatoms. The third-order valence-corrected chi connectivity index (χ3v) is 2.49. The number of ether oxygens (including phenoxy) is 1. The molecular weight excluding hydrogens is 235 g/mol. The number of likely N-dealkylation sites (N-methyl/N-ethyl adjacent to an activating group) is 1. The summed E-state index contributed by atoms with van der Waals surface area (Å²) in [5.41, 5.74) is 1.15. The summed E-state index contributed by atoms with van der Waals surface area (Å²) in [5.74, 6) is -0.399. The number of hydrogen-bond donors (Lipinski definition) is 1. The third-order valence-electron chi connectivity index (χ3n) is 2.49. The van der Waals surface area contributed by atoms with E-state index in [0.717, 1.165) is 5.56 Å². The topological polar surface area (TPSA) is 56.5 Å². The van der Waals surface area contributed by atoms with Crippen LogP contribution >= 0.6 is 0 Å². The predicted molar refractivity (Wildman–Crippen MR) is 65.4 cm³/mol. The Morgan fingerprint density at radius 2 is 2.22 bits per heavy atom. The van der Waals surface area contributed by atoms with E-state index in [9.17, 15) is 4.39 Å². The van der Waals surface area contributed by atoms with Crippen molar-refractivity contribution in [2.75, 3.05) is 33.4 Å². The molecule has 0 atom stereocenters. The normalized spacial score (nSPS) is 10.6. The molecule has 0 heterocycles. The Hall–Kier alpha value is -1.48. The zero-order valence-corrected chi connectivity index (χ0v) is 10.4. The summed E-state index contributed by atoms with van der Waals surface area (Å²) in [6.45, 7) is 2.10. The lowest BCUT2D eigenvalue weighted by atomic mass is 10.1. The Labute approximate surface area is 106 Å². The standard InChI is InChI=1S/C13H17FN2O2/c1-16(4-6-18-7-5-17)10-11-2-3-13(14)8-12(11)9-15/h2-3,8,17H,4-7,10H2,1H3. The molecule has 0 aliphatic rings. The molecule has 0 aliphatic heterocycles. The first-order chi connectivity index (χ1) is 8.67. The van der Waals surface area contributed by atoms with Gasteiger partial charge in [0.15, 0.2) is 0 Å². The largest absolute Gasteiger partial charge is 0.394 e. The minimum Gasteiger partial charge on any atom is -0.394 e. The summed E-state index contributed by atoms with van der Waals surface area (Å²) in [5, 5.41) is 17.5. The molecule has 0 saturated heterocycles. The fourth-order valence-electron chi connectivity index (χ4n) is 1.55. The van der Waals surface area contributed by atoms with E-state index in [4.69, 9.17) is 15.1 Å². The molecule has 18 heavy (non-hydrogen) atoms. The van der Waals surface area contributed by atoms with Gasteiger partial charge in [0.05, 0.1) is 31.5 Å². The number of hydrogen-bond acceptors (Lipinski definition) is 4. The second-order valence-electron chi connectivity index (χ2n) is 3.99. The van der Waals surface area contributed by atoms with Crippen LogP contribution < -0.4 is 0 Å². The first-order valence-electron chi connectivity index (χ1n) is 5.73. The van der Waals surface area contributed by atoms with Gasteiger partial charge < -0.3 is 9.84 Å². The average molecular weight is 252 g/mol. The first-order valence-corrected chi connectivity index (χ1v) is 5.73. The maximum Gasteiger partial charge on any atom is 0.124 e. The first kappa shape index (κ1) is 14.6. The third kappa shape index (κ3) is 4.80. The van der Waals surface area contributed by atoms with Crippen molar-refractivity contribution in [1.82, 2.24) is 4.90 Å². The summed E-state index contributed by atoms with van der Waals surface area (Å²) < 4.78 is 18.1. The molecule has 0 aromatic heterocycles. The lowest BCUT2D eigenvalue weighted by molar-refractivity contribution is 0.0773. The second kappa shape index (κ2) is 7.77. The van der Waals surface area contributed by atoms with Gasteiger partial charge in [-0.05, 0) is 24.7 Å². The van der Waals surface area contributed by atoms with Crippen molar-refractivity contribution < 1.29 is 14.2 Å². The van der Waals surface area contributed by atoms with Crippen LogP contribution in [0.5, 0.6) is 0 Å². The van der Waals surface area contributed by atoms with Crippen LogP contribution in [-0.2, 0) is 11.3 Å². The van der Waals surface area contributed by atoms with E-state index < -0.39 is 5.82 Å². The van der Waals surface area contributed by atoms with Gasteiger partial charge in [-0.3, -0.25) is 4.90 Å². The number of halogens is 1. The molecule has 1 N–H and O–H groups in total. The van der Waals surface area contributed by atoms with E-state index in [2.05, 4.69) is 0 Å². The molecule has 0 saturated carbocycles. The van der Waals surface area contributed by atoms with Crippen molar-refractivity contribution in [3.05, 3.63) is 35.1 Å². The minimum atomic E-state index is -0.399. The van der Waals surface area contributed by atoms with Crippen molar-refractivity contribution in [2.45, 2.75) is 6.54 Å². The summed E-state index contributed by atoms with van der Waals surface area (Å²) in [6.07, 6.45) is 0. The molecule has 0 fully saturated rings. The molecule has 0 bridgehead atoms. The van der Waals surface area contributed by atoms with Crippen LogP contribution in [0, 0.1) is 17.1 Å². The number of nitrogens with zero attached hydrogens (tertiary/aromatic N) is 2. The van der Waals surface area contributed by atoms with Crippen molar-refractivity contribution >= 4 is 0 Å². The zero-order chi connectivity index (χ0) is 13.4. The van der Waals surface area contributed by atoms with E-state index in [0.29, 0.717) is 31.9 Å². The van der Waals surface area contributed by atoms with Gasteiger partial charge in [0.2, 0.25) is 0 Å². The number of rotatable bonds is 7. The van der Waals surface area contributed by atoms with Crippen LogP contribution in [-0.4, -0.2) is 43.4 Å². The fourth-order valence-corrected chi connectivity index (χ4v) is 1.55. The maximum absolute atomic E-state index is 13.0. The van der Waals surface area contributed by atoms with E-state index in [1.807, 2.05) is 18.0 Å². The molecule has 4 nitrogen and oxygen atoms in total. The van der Waals surface area contributed by atoms with Gasteiger partial charge in [-0.15, -0.1) is 0 Å². The lowest BCUT2D eigenvalue weighted by Gasteiger charge is -2.17. The van der Waals surface area contributed by atoms with Crippen LogP contribution in [0.2, 0.25) is 0 Å². The van der Waals surface area contributed by atoms with Gasteiger partial charge in [0, 0.05) is 13.1 Å². The molecule has 0 unspecified atom stereocenters. The van der Waals surface area contributed by atoms with Crippen LogP contribution in [0.15, 0.2) is 18.2 Å². The van der Waals surface area contributed by atoms with Crippen LogP contribution in [0.25, 0.3) is 0 Å². The van der Waals surface area contributed by atoms with E-state index in [1.54, 1.807) is 6.07 Å². The van der Waals surface area contributed by atoms with Gasteiger partial charge in [-0.25, -0.2) is 4.39 Å². The molecule has 0 radical (unpaired) electrons. The van der Waals surface area contributed by atoms with E-state index >= 15 is 0 Å². The van der Waals surface area contributed by atoms with Gasteiger partial charge >= 0.3 is 0 Å². The molecule has 98 valence electrons. The maximum atomic E-state index is 13.0. The van der Waals surface area contributed by atoms with Crippen LogP contribution in [0.3, 0.4) is 0 Å². The summed E-state index contributed by atoms with van der Waals surface area (Å²) in [6, 6.07) is 6.21. The van der Waals surface area contributed by atoms with Crippen molar-refractivity contribution in [3.8, 4) is 6.07 Å². The van der Waals surface area contributed by atoms with Crippen molar-refractivity contribution in [3.63, 3.8) is 0 Å². The predicted octanol–water partition coefficient (Wildman–Crippen LogP) is 1.14. The Morgan fingerprint density at radius 3 is 2.89 bits per heavy atom. The summed E-state index contributed by atoms with van der Waals surface area (Å²) >= 11 is 0. The lowest BCUT2D eigenvalue weighted by Crippen LogP contribution is -2.23. The Kier molecular flexibility index (Phi) is 6.29. The molecule has 1 aromatic carbocycles. The fraction of sp³-hybridized carbons (Fsp3) is 0.462. The average Bonchev–Trinajstić information content (AvgIpc) is 2.37. The van der Waals surface area contributed by atoms with Crippen molar-refractivity contribution in [2.24, 2.45) is 0 Å². The van der Waals surface area contributed by atoms with Crippen molar-refractivity contribution in [1.29, 1.82) is 5.26 Å². The molecular formula is C13H17FN2O2. The molecule has 0 aliphatic carbocycles. The number of aliphatic hydroxyl groups excluding tert-OH is 1. The highest BCUT2D eigenvalue weighted by Crippen LogP contribution is 2.12. The molecule has 0 amide bonds. The monoisotopic (exact) mass is 252 g/mol. The number of aliphatic hydroxyl groups is 1. The van der Waals surface area contributed by atoms with Crippen LogP contribution in [0.4, 0.5) is 4.39 Å². The SMILES string of the molecule is CN(CCOCCO)Cc1ccc(F)cc1C#N. The van der Waals surface area contributed by atoms with E-state index in [1.165, 1.54) is 12.1 Å².